The predicted molar refractivity (Wildman–Crippen MR) is 77.0 cm³/mol. The molecule has 0 spiro atoms. The summed E-state index contributed by atoms with van der Waals surface area (Å²) in [5.74, 6) is 0.348. The summed E-state index contributed by atoms with van der Waals surface area (Å²) >= 11 is 4.21. The summed E-state index contributed by atoms with van der Waals surface area (Å²) < 4.78 is 5.69. The first kappa shape index (κ1) is 13.5. The van der Waals surface area contributed by atoms with Crippen LogP contribution in [0.25, 0.3) is 0 Å². The minimum atomic E-state index is -0.400. The molecule has 19 heavy (non-hydrogen) atoms. The van der Waals surface area contributed by atoms with Gasteiger partial charge in [-0.25, -0.2) is 4.79 Å². The molecule has 0 aliphatic carbocycles. The maximum atomic E-state index is 11.6. The number of rotatable bonds is 3. The number of halogens is 1. The van der Waals surface area contributed by atoms with Crippen molar-refractivity contribution in [2.75, 3.05) is 10.6 Å². The van der Waals surface area contributed by atoms with Crippen molar-refractivity contribution in [3.8, 4) is 5.40 Å². The van der Waals surface area contributed by atoms with Gasteiger partial charge in [-0.1, -0.05) is 0 Å². The highest BCUT2D eigenvalue weighted by molar-refractivity contribution is 9.10. The van der Waals surface area contributed by atoms with E-state index in [4.69, 9.17) is 9.68 Å². The van der Waals surface area contributed by atoms with Crippen LogP contribution in [0.15, 0.2) is 50.4 Å². The third kappa shape index (κ3) is 4.05. The van der Waals surface area contributed by atoms with Crippen molar-refractivity contribution in [2.45, 2.75) is 4.90 Å². The first-order chi connectivity index (χ1) is 9.17. The fraction of sp³-hybridized carbons (Fsp3) is 0. The first-order valence-electron chi connectivity index (χ1n) is 5.17. The lowest BCUT2D eigenvalue weighted by molar-refractivity contribution is 0.261. The van der Waals surface area contributed by atoms with Gasteiger partial charge >= 0.3 is 6.03 Å². The highest BCUT2D eigenvalue weighted by atomic mass is 79.9. The molecule has 1 aromatic carbocycles. The second-order valence-electron chi connectivity index (χ2n) is 3.40. The lowest BCUT2D eigenvalue weighted by atomic mass is 10.3. The number of amides is 2. The van der Waals surface area contributed by atoms with Gasteiger partial charge in [-0.15, -0.1) is 0 Å². The number of thiocyanates is 1. The summed E-state index contributed by atoms with van der Waals surface area (Å²) in [6, 6.07) is 9.87. The Labute approximate surface area is 122 Å². The Hall–Kier alpha value is -1.91. The average molecular weight is 338 g/mol. The van der Waals surface area contributed by atoms with E-state index in [9.17, 15) is 4.79 Å². The molecule has 2 rings (SSSR count). The van der Waals surface area contributed by atoms with Crippen LogP contribution in [0.1, 0.15) is 0 Å². The van der Waals surface area contributed by atoms with Crippen molar-refractivity contribution in [1.82, 2.24) is 0 Å². The Morgan fingerprint density at radius 2 is 1.95 bits per heavy atom. The van der Waals surface area contributed by atoms with Gasteiger partial charge in [-0.3, -0.25) is 5.32 Å². The fourth-order valence-electron chi connectivity index (χ4n) is 1.31. The summed E-state index contributed by atoms with van der Waals surface area (Å²) in [5.41, 5.74) is 0.630. The van der Waals surface area contributed by atoms with Crippen molar-refractivity contribution in [1.29, 1.82) is 5.26 Å². The number of nitriles is 1. The molecule has 0 aliphatic rings. The van der Waals surface area contributed by atoms with E-state index >= 15 is 0 Å². The number of carbonyl (C=O) groups excluding carboxylic acids is 1. The smallest absolute Gasteiger partial charge is 0.326 e. The number of benzene rings is 1. The Bertz CT molecular complexity index is 619. The first-order valence-corrected chi connectivity index (χ1v) is 6.77. The van der Waals surface area contributed by atoms with Crippen LogP contribution in [0, 0.1) is 10.7 Å². The summed E-state index contributed by atoms with van der Waals surface area (Å²) in [7, 11) is 0. The quantitative estimate of drug-likeness (QED) is 0.647. The molecule has 0 aliphatic heterocycles. The van der Waals surface area contributed by atoms with Crippen LogP contribution in [0.5, 0.6) is 0 Å². The van der Waals surface area contributed by atoms with E-state index in [1.165, 1.54) is 0 Å². The van der Waals surface area contributed by atoms with Gasteiger partial charge in [0.1, 0.15) is 5.40 Å². The summed E-state index contributed by atoms with van der Waals surface area (Å²) in [6.07, 6.45) is 0. The van der Waals surface area contributed by atoms with Gasteiger partial charge in [0.05, 0.1) is 0 Å². The van der Waals surface area contributed by atoms with Crippen LogP contribution in [0.3, 0.4) is 0 Å². The number of hydrogen-bond donors (Lipinski definition) is 2. The molecule has 0 atom stereocenters. The zero-order valence-electron chi connectivity index (χ0n) is 9.51. The SMILES string of the molecule is N#CSc1ccc(NC(=O)Nc2ccc(Br)o2)cc1. The molecule has 0 fully saturated rings. The topological polar surface area (TPSA) is 78.1 Å². The lowest BCUT2D eigenvalue weighted by Crippen LogP contribution is -2.18. The van der Waals surface area contributed by atoms with E-state index in [-0.39, 0.29) is 0 Å². The molecule has 0 unspecified atom stereocenters. The Morgan fingerprint density at radius 1 is 1.21 bits per heavy atom. The fourth-order valence-corrected chi connectivity index (χ4v) is 2.00. The number of furan rings is 1. The molecule has 1 aromatic heterocycles. The molecule has 7 heteroatoms. The van der Waals surface area contributed by atoms with Crippen LogP contribution in [0.4, 0.5) is 16.4 Å². The number of urea groups is 1. The van der Waals surface area contributed by atoms with Gasteiger partial charge in [0.2, 0.25) is 5.88 Å². The van der Waals surface area contributed by atoms with Crippen molar-refractivity contribution in [3.63, 3.8) is 0 Å². The molecule has 96 valence electrons. The standard InChI is InChI=1S/C12H8BrN3O2S/c13-10-5-6-11(18-10)16-12(17)15-8-1-3-9(4-2-8)19-7-14/h1-6H,(H2,15,16,17). The maximum absolute atomic E-state index is 11.6. The van der Waals surface area contributed by atoms with E-state index in [1.54, 1.807) is 36.4 Å². The average Bonchev–Trinajstić information content (AvgIpc) is 2.77. The van der Waals surface area contributed by atoms with Crippen molar-refractivity contribution in [3.05, 3.63) is 41.1 Å². The number of carbonyl (C=O) groups is 1. The number of hydrogen-bond acceptors (Lipinski definition) is 4. The summed E-state index contributed by atoms with van der Waals surface area (Å²) in [5, 5.41) is 15.7. The van der Waals surface area contributed by atoms with Gasteiger partial charge < -0.3 is 9.73 Å². The van der Waals surface area contributed by atoms with Crippen molar-refractivity contribution in [2.24, 2.45) is 0 Å². The minimum absolute atomic E-state index is 0.348. The molecule has 2 N–H and O–H groups in total. The second-order valence-corrected chi connectivity index (χ2v) is 5.04. The lowest BCUT2D eigenvalue weighted by Gasteiger charge is -2.05. The van der Waals surface area contributed by atoms with E-state index < -0.39 is 6.03 Å². The second kappa shape index (κ2) is 6.31. The van der Waals surface area contributed by atoms with Gasteiger partial charge in [0, 0.05) is 16.6 Å². The van der Waals surface area contributed by atoms with E-state index in [0.717, 1.165) is 16.7 Å². The molecule has 5 nitrogen and oxygen atoms in total. The van der Waals surface area contributed by atoms with Crippen molar-refractivity contribution < 1.29 is 9.21 Å². The number of nitrogens with zero attached hydrogens (tertiary/aromatic N) is 1. The van der Waals surface area contributed by atoms with Gasteiger partial charge in [0.25, 0.3) is 0 Å². The van der Waals surface area contributed by atoms with E-state index in [1.807, 2.05) is 5.40 Å². The zero-order valence-corrected chi connectivity index (χ0v) is 11.9. The zero-order chi connectivity index (χ0) is 13.7. The molecule has 0 saturated carbocycles. The molecular weight excluding hydrogens is 330 g/mol. The molecule has 2 aromatic rings. The van der Waals surface area contributed by atoms with Crippen molar-refractivity contribution >= 4 is 45.3 Å². The molecular formula is C12H8BrN3O2S. The normalized spacial score (nSPS) is 9.68. The molecule has 1 heterocycles. The van der Waals surface area contributed by atoms with E-state index in [0.29, 0.717) is 16.2 Å². The van der Waals surface area contributed by atoms with Crippen LogP contribution >= 0.6 is 27.7 Å². The third-order valence-corrected chi connectivity index (χ3v) is 3.11. The summed E-state index contributed by atoms with van der Waals surface area (Å²) in [4.78, 5) is 12.5. The summed E-state index contributed by atoms with van der Waals surface area (Å²) in [6.45, 7) is 0. The van der Waals surface area contributed by atoms with Crippen LogP contribution in [0.2, 0.25) is 0 Å². The van der Waals surface area contributed by atoms with Crippen LogP contribution in [-0.2, 0) is 0 Å². The van der Waals surface area contributed by atoms with Crippen LogP contribution in [-0.4, -0.2) is 6.03 Å². The number of nitrogens with one attached hydrogen (secondary N) is 2. The Kier molecular flexibility index (Phi) is 4.49. The van der Waals surface area contributed by atoms with Crippen LogP contribution < -0.4 is 10.6 Å². The Balaban J connectivity index is 1.93. The number of anilines is 2. The molecule has 0 saturated heterocycles. The van der Waals surface area contributed by atoms with Gasteiger partial charge in [0.15, 0.2) is 4.67 Å². The minimum Gasteiger partial charge on any atom is -0.434 e. The largest absolute Gasteiger partial charge is 0.434 e. The van der Waals surface area contributed by atoms with Gasteiger partial charge in [-0.2, -0.15) is 5.26 Å². The highest BCUT2D eigenvalue weighted by Crippen LogP contribution is 2.20. The maximum Gasteiger partial charge on any atom is 0.326 e. The molecule has 0 radical (unpaired) electrons. The predicted octanol–water partition coefficient (Wildman–Crippen LogP) is 4.26. The highest BCUT2D eigenvalue weighted by Gasteiger charge is 2.05. The molecule has 2 amide bonds. The molecule has 0 bridgehead atoms. The van der Waals surface area contributed by atoms with E-state index in [2.05, 4.69) is 26.6 Å². The third-order valence-electron chi connectivity index (χ3n) is 2.09. The number of thioether (sulfide) groups is 1. The van der Waals surface area contributed by atoms with Gasteiger partial charge in [-0.05, 0) is 58.0 Å². The Morgan fingerprint density at radius 3 is 2.53 bits per heavy atom. The monoisotopic (exact) mass is 337 g/mol.